The fraction of sp³-hybridized carbons (Fsp3) is 0.308. The summed E-state index contributed by atoms with van der Waals surface area (Å²) in [6.07, 6.45) is 2.17. The minimum absolute atomic E-state index is 0.0566. The SMILES string of the molecule is CCc1ccsc1CNS(=O)(=O)c1cnc(NC)c(Cl)c1. The molecule has 114 valence electrons. The number of anilines is 1. The Kier molecular flexibility index (Phi) is 5.21. The second-order valence-electron chi connectivity index (χ2n) is 4.30. The zero-order valence-corrected chi connectivity index (χ0v) is 14.1. The van der Waals surface area contributed by atoms with Gasteiger partial charge in [0.25, 0.3) is 0 Å². The summed E-state index contributed by atoms with van der Waals surface area (Å²) < 4.78 is 27.1. The van der Waals surface area contributed by atoms with Crippen molar-refractivity contribution in [1.29, 1.82) is 0 Å². The summed E-state index contributed by atoms with van der Waals surface area (Å²) in [7, 11) is -1.96. The van der Waals surface area contributed by atoms with Crippen molar-refractivity contribution < 1.29 is 8.42 Å². The number of aromatic nitrogens is 1. The van der Waals surface area contributed by atoms with Crippen LogP contribution in [0, 0.1) is 0 Å². The van der Waals surface area contributed by atoms with E-state index in [9.17, 15) is 8.42 Å². The molecule has 2 N–H and O–H groups in total. The van der Waals surface area contributed by atoms with Gasteiger partial charge in [-0.1, -0.05) is 18.5 Å². The fourth-order valence-corrected chi connectivity index (χ4v) is 4.13. The van der Waals surface area contributed by atoms with Crippen LogP contribution in [0.25, 0.3) is 0 Å². The van der Waals surface area contributed by atoms with Crippen LogP contribution < -0.4 is 10.0 Å². The summed E-state index contributed by atoms with van der Waals surface area (Å²) in [5.74, 6) is 0.446. The van der Waals surface area contributed by atoms with Crippen molar-refractivity contribution in [2.45, 2.75) is 24.8 Å². The van der Waals surface area contributed by atoms with Crippen molar-refractivity contribution in [3.8, 4) is 0 Å². The first-order valence-corrected chi connectivity index (χ1v) is 9.10. The number of sulfonamides is 1. The molecular weight excluding hydrogens is 330 g/mol. The number of hydrogen-bond donors (Lipinski definition) is 2. The molecule has 0 atom stereocenters. The summed E-state index contributed by atoms with van der Waals surface area (Å²) >= 11 is 7.51. The van der Waals surface area contributed by atoms with Gasteiger partial charge in [-0.2, -0.15) is 0 Å². The number of hydrogen-bond acceptors (Lipinski definition) is 5. The third-order valence-corrected chi connectivity index (χ3v) is 5.62. The largest absolute Gasteiger partial charge is 0.372 e. The van der Waals surface area contributed by atoms with Gasteiger partial charge in [-0.15, -0.1) is 11.3 Å². The van der Waals surface area contributed by atoms with Crippen LogP contribution in [0.4, 0.5) is 5.82 Å². The molecule has 8 heteroatoms. The maximum Gasteiger partial charge on any atom is 0.242 e. The molecule has 0 spiro atoms. The van der Waals surface area contributed by atoms with Crippen molar-refractivity contribution in [1.82, 2.24) is 9.71 Å². The molecule has 0 amide bonds. The molecule has 0 fully saturated rings. The van der Waals surface area contributed by atoms with Gasteiger partial charge in [0.05, 0.1) is 5.02 Å². The zero-order chi connectivity index (χ0) is 15.5. The van der Waals surface area contributed by atoms with Gasteiger partial charge in [-0.25, -0.2) is 18.1 Å². The first-order chi connectivity index (χ1) is 9.97. The second kappa shape index (κ2) is 6.74. The molecule has 2 aromatic rings. The number of thiophene rings is 1. The van der Waals surface area contributed by atoms with Crippen molar-refractivity contribution in [3.63, 3.8) is 0 Å². The Morgan fingerprint density at radius 1 is 1.43 bits per heavy atom. The van der Waals surface area contributed by atoms with E-state index in [1.165, 1.54) is 12.3 Å². The van der Waals surface area contributed by atoms with Crippen molar-refractivity contribution in [2.75, 3.05) is 12.4 Å². The van der Waals surface area contributed by atoms with Crippen LogP contribution in [0.5, 0.6) is 0 Å². The molecule has 5 nitrogen and oxygen atoms in total. The van der Waals surface area contributed by atoms with Crippen LogP contribution in [0.15, 0.2) is 28.6 Å². The van der Waals surface area contributed by atoms with Crippen LogP contribution in [-0.2, 0) is 23.0 Å². The average molecular weight is 346 g/mol. The normalized spacial score (nSPS) is 11.6. The summed E-state index contributed by atoms with van der Waals surface area (Å²) in [4.78, 5) is 5.06. The van der Waals surface area contributed by atoms with Gasteiger partial charge in [-0.3, -0.25) is 0 Å². The molecule has 2 heterocycles. The summed E-state index contributed by atoms with van der Waals surface area (Å²) in [6, 6.07) is 3.40. The number of aryl methyl sites for hydroxylation is 1. The molecule has 0 aromatic carbocycles. The molecular formula is C13H16ClN3O2S2. The smallest absolute Gasteiger partial charge is 0.242 e. The molecule has 0 aliphatic rings. The minimum atomic E-state index is -3.63. The molecule has 0 aliphatic heterocycles. The Balaban J connectivity index is 2.17. The Morgan fingerprint density at radius 2 is 2.19 bits per heavy atom. The highest BCUT2D eigenvalue weighted by Gasteiger charge is 2.17. The van der Waals surface area contributed by atoms with Gasteiger partial charge in [0.2, 0.25) is 10.0 Å². The van der Waals surface area contributed by atoms with Gasteiger partial charge in [0.1, 0.15) is 10.7 Å². The third kappa shape index (κ3) is 3.74. The number of nitrogens with zero attached hydrogens (tertiary/aromatic N) is 1. The molecule has 0 saturated heterocycles. The first kappa shape index (κ1) is 16.2. The highest BCUT2D eigenvalue weighted by molar-refractivity contribution is 7.89. The van der Waals surface area contributed by atoms with Crippen LogP contribution >= 0.6 is 22.9 Å². The summed E-state index contributed by atoms with van der Waals surface area (Å²) in [5.41, 5.74) is 1.16. The number of pyridine rings is 1. The van der Waals surface area contributed by atoms with E-state index in [0.717, 1.165) is 16.9 Å². The summed E-state index contributed by atoms with van der Waals surface area (Å²) in [5, 5.41) is 5.02. The lowest BCUT2D eigenvalue weighted by Gasteiger charge is -2.08. The lowest BCUT2D eigenvalue weighted by Crippen LogP contribution is -2.23. The molecule has 0 aliphatic carbocycles. The lowest BCUT2D eigenvalue weighted by molar-refractivity contribution is 0.581. The van der Waals surface area contributed by atoms with Crippen LogP contribution in [0.2, 0.25) is 5.02 Å². The quantitative estimate of drug-likeness (QED) is 0.844. The molecule has 2 aromatic heterocycles. The third-order valence-electron chi connectivity index (χ3n) is 3.00. The number of halogens is 1. The topological polar surface area (TPSA) is 71.1 Å². The van der Waals surface area contributed by atoms with E-state index in [2.05, 4.69) is 15.0 Å². The minimum Gasteiger partial charge on any atom is -0.372 e. The summed E-state index contributed by atoms with van der Waals surface area (Å²) in [6.45, 7) is 2.31. The van der Waals surface area contributed by atoms with Crippen molar-refractivity contribution in [2.24, 2.45) is 0 Å². The van der Waals surface area contributed by atoms with E-state index in [0.29, 0.717) is 5.82 Å². The van der Waals surface area contributed by atoms with E-state index in [1.807, 2.05) is 18.4 Å². The Bertz CT molecular complexity index is 729. The number of nitrogens with one attached hydrogen (secondary N) is 2. The predicted molar refractivity (Wildman–Crippen MR) is 86.5 cm³/mol. The number of rotatable bonds is 6. The van der Waals surface area contributed by atoms with Crippen LogP contribution in [0.1, 0.15) is 17.4 Å². The molecule has 21 heavy (non-hydrogen) atoms. The second-order valence-corrected chi connectivity index (χ2v) is 7.47. The van der Waals surface area contributed by atoms with Gasteiger partial charge < -0.3 is 5.32 Å². The highest BCUT2D eigenvalue weighted by Crippen LogP contribution is 2.23. The maximum absolute atomic E-state index is 12.3. The Morgan fingerprint density at radius 3 is 2.81 bits per heavy atom. The predicted octanol–water partition coefficient (Wildman–Crippen LogP) is 2.88. The lowest BCUT2D eigenvalue weighted by atomic mass is 10.2. The first-order valence-electron chi connectivity index (χ1n) is 6.36. The van der Waals surface area contributed by atoms with E-state index in [1.54, 1.807) is 18.4 Å². The Hall–Kier alpha value is -1.15. The van der Waals surface area contributed by atoms with Gasteiger partial charge in [0, 0.05) is 24.7 Å². The van der Waals surface area contributed by atoms with E-state index < -0.39 is 10.0 Å². The Labute approximate surface area is 133 Å². The zero-order valence-electron chi connectivity index (χ0n) is 11.7. The van der Waals surface area contributed by atoms with Crippen LogP contribution in [0.3, 0.4) is 0 Å². The fourth-order valence-electron chi connectivity index (χ4n) is 1.83. The van der Waals surface area contributed by atoms with Gasteiger partial charge >= 0.3 is 0 Å². The highest BCUT2D eigenvalue weighted by atomic mass is 35.5. The molecule has 0 bridgehead atoms. The molecule has 0 unspecified atom stereocenters. The maximum atomic E-state index is 12.3. The van der Waals surface area contributed by atoms with Crippen molar-refractivity contribution in [3.05, 3.63) is 39.2 Å². The van der Waals surface area contributed by atoms with Crippen molar-refractivity contribution >= 4 is 38.8 Å². The standard InChI is InChI=1S/C13H16ClN3O2S2/c1-3-9-4-5-20-12(9)8-17-21(18,19)10-6-11(14)13(15-2)16-7-10/h4-7,17H,3,8H2,1-2H3,(H,15,16). The monoisotopic (exact) mass is 345 g/mol. The van der Waals surface area contributed by atoms with E-state index in [-0.39, 0.29) is 16.5 Å². The van der Waals surface area contributed by atoms with Gasteiger partial charge in [0.15, 0.2) is 0 Å². The molecule has 0 radical (unpaired) electrons. The van der Waals surface area contributed by atoms with Crippen LogP contribution in [-0.4, -0.2) is 20.4 Å². The average Bonchev–Trinajstić information content (AvgIpc) is 2.92. The molecule has 0 saturated carbocycles. The van der Waals surface area contributed by atoms with E-state index in [4.69, 9.17) is 11.6 Å². The van der Waals surface area contributed by atoms with E-state index >= 15 is 0 Å². The molecule has 2 rings (SSSR count). The van der Waals surface area contributed by atoms with Gasteiger partial charge in [-0.05, 0) is 29.5 Å².